The van der Waals surface area contributed by atoms with Crippen molar-refractivity contribution in [3.63, 3.8) is 0 Å². The predicted molar refractivity (Wildman–Crippen MR) is 53.4 cm³/mol. The Morgan fingerprint density at radius 2 is 2.13 bits per heavy atom. The normalized spacial score (nSPS) is 13.5. The first-order chi connectivity index (χ1) is 6.97. The van der Waals surface area contributed by atoms with Crippen LogP contribution in [0.15, 0.2) is 0 Å². The summed E-state index contributed by atoms with van der Waals surface area (Å²) >= 11 is 5.90. The first-order valence-corrected chi connectivity index (χ1v) is 5.03. The zero-order valence-corrected chi connectivity index (χ0v) is 9.30. The van der Waals surface area contributed by atoms with Crippen molar-refractivity contribution < 1.29 is 13.9 Å². The van der Waals surface area contributed by atoms with Crippen LogP contribution in [-0.2, 0) is 13.0 Å². The number of halogens is 3. The molecule has 0 spiro atoms. The Kier molecular flexibility index (Phi) is 4.04. The van der Waals surface area contributed by atoms with Gasteiger partial charge in [0.2, 0.25) is 0 Å². The highest BCUT2D eigenvalue weighted by Gasteiger charge is 2.22. The quantitative estimate of drug-likeness (QED) is 0.872. The topological polar surface area (TPSA) is 38.0 Å². The second kappa shape index (κ2) is 4.90. The summed E-state index contributed by atoms with van der Waals surface area (Å²) in [6, 6.07) is 0. The monoisotopic (exact) mass is 238 g/mol. The molecule has 0 saturated carbocycles. The number of hydrogen-bond acceptors (Lipinski definition) is 2. The molecule has 0 aliphatic heterocycles. The van der Waals surface area contributed by atoms with Crippen LogP contribution in [-0.4, -0.2) is 27.4 Å². The summed E-state index contributed by atoms with van der Waals surface area (Å²) in [5.41, 5.74) is 1.06. The third kappa shape index (κ3) is 2.66. The number of alkyl halides is 2. The standard InChI is InChI=1S/C9H13ClF2N2O/c1-3-14-6(4-7(15)9(11)12)8(10)5(2)13-14/h7,9,15H,3-4H2,1-2H3. The van der Waals surface area contributed by atoms with Crippen molar-refractivity contribution in [2.45, 2.75) is 39.3 Å². The summed E-state index contributed by atoms with van der Waals surface area (Å²) in [4.78, 5) is 0. The average molecular weight is 239 g/mol. The van der Waals surface area contributed by atoms with Gasteiger partial charge in [-0.2, -0.15) is 5.10 Å². The van der Waals surface area contributed by atoms with Gasteiger partial charge in [-0.25, -0.2) is 8.78 Å². The van der Waals surface area contributed by atoms with Gasteiger partial charge in [-0.15, -0.1) is 0 Å². The van der Waals surface area contributed by atoms with Crippen molar-refractivity contribution in [2.24, 2.45) is 0 Å². The highest BCUT2D eigenvalue weighted by Crippen LogP contribution is 2.22. The van der Waals surface area contributed by atoms with Crippen LogP contribution in [0.3, 0.4) is 0 Å². The van der Waals surface area contributed by atoms with Gasteiger partial charge in [0.15, 0.2) is 0 Å². The van der Waals surface area contributed by atoms with E-state index in [1.54, 1.807) is 6.92 Å². The minimum Gasteiger partial charge on any atom is -0.387 e. The van der Waals surface area contributed by atoms with E-state index in [9.17, 15) is 8.78 Å². The van der Waals surface area contributed by atoms with Crippen LogP contribution < -0.4 is 0 Å². The van der Waals surface area contributed by atoms with Crippen molar-refractivity contribution in [2.75, 3.05) is 0 Å². The molecule has 3 nitrogen and oxygen atoms in total. The molecule has 1 atom stereocenters. The van der Waals surface area contributed by atoms with Gasteiger partial charge < -0.3 is 5.11 Å². The van der Waals surface area contributed by atoms with E-state index >= 15 is 0 Å². The van der Waals surface area contributed by atoms with Gasteiger partial charge in [0, 0.05) is 13.0 Å². The van der Waals surface area contributed by atoms with E-state index in [4.69, 9.17) is 16.7 Å². The van der Waals surface area contributed by atoms with E-state index in [1.807, 2.05) is 6.92 Å². The van der Waals surface area contributed by atoms with Crippen LogP contribution in [0, 0.1) is 6.92 Å². The summed E-state index contributed by atoms with van der Waals surface area (Å²) in [5, 5.41) is 13.5. The number of aromatic nitrogens is 2. The molecule has 0 aromatic carbocycles. The summed E-state index contributed by atoms with van der Waals surface area (Å²) in [5.74, 6) is 0. The lowest BCUT2D eigenvalue weighted by molar-refractivity contribution is -0.00467. The van der Waals surface area contributed by atoms with Crippen LogP contribution in [0.4, 0.5) is 8.78 Å². The van der Waals surface area contributed by atoms with Gasteiger partial charge in [-0.1, -0.05) is 11.6 Å². The Hall–Kier alpha value is -0.680. The Bertz CT molecular complexity index is 341. The fourth-order valence-electron chi connectivity index (χ4n) is 1.35. The number of hydrogen-bond donors (Lipinski definition) is 1. The predicted octanol–water partition coefficient (Wildman–Crippen LogP) is 2.03. The number of aliphatic hydroxyl groups is 1. The summed E-state index contributed by atoms with van der Waals surface area (Å²) in [6.45, 7) is 4.08. The third-order valence-electron chi connectivity index (χ3n) is 2.15. The van der Waals surface area contributed by atoms with Crippen LogP contribution >= 0.6 is 11.6 Å². The largest absolute Gasteiger partial charge is 0.387 e. The van der Waals surface area contributed by atoms with Crippen LogP contribution in [0.1, 0.15) is 18.3 Å². The van der Waals surface area contributed by atoms with Gasteiger partial charge in [-0.3, -0.25) is 4.68 Å². The molecule has 1 N–H and O–H groups in total. The number of rotatable bonds is 4. The summed E-state index contributed by atoms with van der Waals surface area (Å²) in [6.07, 6.45) is -4.63. The minimum absolute atomic E-state index is 0.175. The molecule has 86 valence electrons. The smallest absolute Gasteiger partial charge is 0.264 e. The van der Waals surface area contributed by atoms with Crippen LogP contribution in [0.25, 0.3) is 0 Å². The molecular formula is C9H13ClF2N2O. The van der Waals surface area contributed by atoms with Gasteiger partial charge in [-0.05, 0) is 13.8 Å². The minimum atomic E-state index is -2.76. The van der Waals surface area contributed by atoms with Gasteiger partial charge in [0.1, 0.15) is 6.10 Å². The molecule has 0 aliphatic carbocycles. The fourth-order valence-corrected chi connectivity index (χ4v) is 1.56. The van der Waals surface area contributed by atoms with Crippen molar-refractivity contribution in [1.29, 1.82) is 0 Å². The van der Waals surface area contributed by atoms with Crippen molar-refractivity contribution in [3.05, 3.63) is 16.4 Å². The highest BCUT2D eigenvalue weighted by atomic mass is 35.5. The Labute approximate surface area is 91.7 Å². The fraction of sp³-hybridized carbons (Fsp3) is 0.667. The van der Waals surface area contributed by atoms with Crippen LogP contribution in [0.5, 0.6) is 0 Å². The molecular weight excluding hydrogens is 226 g/mol. The number of aliphatic hydroxyl groups excluding tert-OH is 1. The lowest BCUT2D eigenvalue weighted by atomic mass is 10.2. The molecule has 0 saturated heterocycles. The molecule has 0 bridgehead atoms. The molecule has 1 unspecified atom stereocenters. The van der Waals surface area contributed by atoms with Crippen molar-refractivity contribution in [3.8, 4) is 0 Å². The van der Waals surface area contributed by atoms with E-state index in [2.05, 4.69) is 5.10 Å². The lowest BCUT2D eigenvalue weighted by Gasteiger charge is -2.10. The van der Waals surface area contributed by atoms with E-state index in [0.29, 0.717) is 23.0 Å². The molecule has 15 heavy (non-hydrogen) atoms. The summed E-state index contributed by atoms with van der Waals surface area (Å²) in [7, 11) is 0. The molecule has 1 rings (SSSR count). The first-order valence-electron chi connectivity index (χ1n) is 4.65. The number of nitrogens with zero attached hydrogens (tertiary/aromatic N) is 2. The number of aryl methyl sites for hydroxylation is 2. The zero-order valence-electron chi connectivity index (χ0n) is 8.54. The molecule has 6 heteroatoms. The van der Waals surface area contributed by atoms with Crippen LogP contribution in [0.2, 0.25) is 5.02 Å². The molecule has 1 heterocycles. The van der Waals surface area contributed by atoms with E-state index in [1.165, 1.54) is 4.68 Å². The van der Waals surface area contributed by atoms with Gasteiger partial charge in [0.05, 0.1) is 16.4 Å². The Morgan fingerprint density at radius 1 is 1.53 bits per heavy atom. The Morgan fingerprint density at radius 3 is 2.60 bits per heavy atom. The van der Waals surface area contributed by atoms with E-state index in [0.717, 1.165) is 0 Å². The first kappa shape index (κ1) is 12.4. The summed E-state index contributed by atoms with van der Waals surface area (Å²) < 4.78 is 25.9. The van der Waals surface area contributed by atoms with E-state index in [-0.39, 0.29) is 6.42 Å². The maximum atomic E-state index is 12.2. The maximum absolute atomic E-state index is 12.2. The molecule has 1 aromatic heterocycles. The Balaban J connectivity index is 2.92. The van der Waals surface area contributed by atoms with E-state index < -0.39 is 12.5 Å². The van der Waals surface area contributed by atoms with Gasteiger partial charge in [0.25, 0.3) is 6.43 Å². The average Bonchev–Trinajstić information content (AvgIpc) is 2.45. The molecule has 0 amide bonds. The second-order valence-electron chi connectivity index (χ2n) is 3.27. The lowest BCUT2D eigenvalue weighted by Crippen LogP contribution is -2.22. The molecule has 0 aliphatic rings. The molecule has 0 fully saturated rings. The van der Waals surface area contributed by atoms with Crippen molar-refractivity contribution >= 4 is 11.6 Å². The SMILES string of the molecule is CCn1nc(C)c(Cl)c1CC(O)C(F)F. The molecule has 0 radical (unpaired) electrons. The second-order valence-corrected chi connectivity index (χ2v) is 3.65. The third-order valence-corrected chi connectivity index (χ3v) is 2.64. The zero-order chi connectivity index (χ0) is 11.6. The maximum Gasteiger partial charge on any atom is 0.264 e. The van der Waals surface area contributed by atoms with Gasteiger partial charge >= 0.3 is 0 Å². The molecule has 1 aromatic rings. The van der Waals surface area contributed by atoms with Crippen molar-refractivity contribution in [1.82, 2.24) is 9.78 Å². The highest BCUT2D eigenvalue weighted by molar-refractivity contribution is 6.31.